The standard InChI is InChI=1S/C9H14N4O3/c1-12-5-7(13(15)16)8(11-12)10-6-9(14)3-2-4-9/h5,14H,2-4,6H2,1H3,(H,10,11). The average molecular weight is 226 g/mol. The van der Waals surface area contributed by atoms with Gasteiger partial charge in [-0.25, -0.2) is 0 Å². The van der Waals surface area contributed by atoms with E-state index in [1.807, 2.05) is 0 Å². The molecule has 0 aliphatic heterocycles. The van der Waals surface area contributed by atoms with Crippen molar-refractivity contribution in [3.63, 3.8) is 0 Å². The second-order valence-electron chi connectivity index (χ2n) is 4.23. The van der Waals surface area contributed by atoms with Crippen LogP contribution in [0.1, 0.15) is 19.3 Å². The van der Waals surface area contributed by atoms with Crippen LogP contribution in [0.2, 0.25) is 0 Å². The predicted molar refractivity (Wildman–Crippen MR) is 57.2 cm³/mol. The first-order valence-electron chi connectivity index (χ1n) is 5.14. The monoisotopic (exact) mass is 226 g/mol. The van der Waals surface area contributed by atoms with Gasteiger partial charge in [-0.15, -0.1) is 5.10 Å². The first kappa shape index (κ1) is 10.9. The van der Waals surface area contributed by atoms with Gasteiger partial charge in [0.2, 0.25) is 5.82 Å². The first-order chi connectivity index (χ1) is 7.50. The van der Waals surface area contributed by atoms with Crippen molar-refractivity contribution in [2.75, 3.05) is 11.9 Å². The molecule has 2 N–H and O–H groups in total. The normalized spacial score (nSPS) is 17.9. The van der Waals surface area contributed by atoms with Crippen LogP contribution in [0.25, 0.3) is 0 Å². The topological polar surface area (TPSA) is 93.2 Å². The summed E-state index contributed by atoms with van der Waals surface area (Å²) in [4.78, 5) is 10.2. The van der Waals surface area contributed by atoms with Gasteiger partial charge in [-0.1, -0.05) is 0 Å². The largest absolute Gasteiger partial charge is 0.388 e. The van der Waals surface area contributed by atoms with Crippen LogP contribution in [0.4, 0.5) is 11.5 Å². The SMILES string of the molecule is Cn1cc([N+](=O)[O-])c(NCC2(O)CCC2)n1. The molecule has 0 spiro atoms. The molecule has 1 saturated carbocycles. The number of hydrogen-bond acceptors (Lipinski definition) is 5. The maximum atomic E-state index is 10.7. The van der Waals surface area contributed by atoms with Crippen LogP contribution in [-0.4, -0.2) is 32.0 Å². The quantitative estimate of drug-likeness (QED) is 0.581. The molecule has 7 nitrogen and oxygen atoms in total. The molecule has 0 amide bonds. The molecule has 0 saturated heterocycles. The van der Waals surface area contributed by atoms with Gasteiger partial charge in [0.05, 0.1) is 10.5 Å². The van der Waals surface area contributed by atoms with Crippen LogP contribution in [-0.2, 0) is 7.05 Å². The van der Waals surface area contributed by atoms with Crippen molar-refractivity contribution in [3.05, 3.63) is 16.3 Å². The number of aliphatic hydroxyl groups is 1. The van der Waals surface area contributed by atoms with Crippen LogP contribution in [0.3, 0.4) is 0 Å². The molecule has 1 aromatic rings. The second kappa shape index (κ2) is 3.75. The van der Waals surface area contributed by atoms with Crippen LogP contribution in [0.15, 0.2) is 6.20 Å². The number of nitrogens with zero attached hydrogens (tertiary/aromatic N) is 3. The lowest BCUT2D eigenvalue weighted by atomic mass is 9.80. The van der Waals surface area contributed by atoms with E-state index in [-0.39, 0.29) is 11.5 Å². The Kier molecular flexibility index (Phi) is 2.55. The molecule has 0 unspecified atom stereocenters. The number of aromatic nitrogens is 2. The van der Waals surface area contributed by atoms with E-state index in [1.165, 1.54) is 10.9 Å². The number of hydrogen-bond donors (Lipinski definition) is 2. The Bertz CT molecular complexity index is 411. The minimum Gasteiger partial charge on any atom is -0.388 e. The van der Waals surface area contributed by atoms with Gasteiger partial charge in [-0.3, -0.25) is 14.8 Å². The van der Waals surface area contributed by atoms with Crippen molar-refractivity contribution >= 4 is 11.5 Å². The van der Waals surface area contributed by atoms with Gasteiger partial charge >= 0.3 is 5.69 Å². The zero-order chi connectivity index (χ0) is 11.8. The van der Waals surface area contributed by atoms with Crippen LogP contribution in [0.5, 0.6) is 0 Å². The van der Waals surface area contributed by atoms with E-state index in [9.17, 15) is 15.2 Å². The second-order valence-corrected chi connectivity index (χ2v) is 4.23. The summed E-state index contributed by atoms with van der Waals surface area (Å²) in [6.45, 7) is 0.310. The highest BCUT2D eigenvalue weighted by Gasteiger charge is 2.35. The van der Waals surface area contributed by atoms with E-state index in [2.05, 4.69) is 10.4 Å². The molecule has 1 heterocycles. The summed E-state index contributed by atoms with van der Waals surface area (Å²) in [5.74, 6) is 0.216. The minimum atomic E-state index is -0.717. The van der Waals surface area contributed by atoms with Gasteiger partial charge in [0, 0.05) is 13.6 Å². The van der Waals surface area contributed by atoms with Gasteiger partial charge < -0.3 is 10.4 Å². The summed E-state index contributed by atoms with van der Waals surface area (Å²) < 4.78 is 1.38. The molecule has 7 heteroatoms. The Morgan fingerprint density at radius 2 is 2.44 bits per heavy atom. The third-order valence-corrected chi connectivity index (χ3v) is 2.88. The van der Waals surface area contributed by atoms with Crippen molar-refractivity contribution in [2.45, 2.75) is 24.9 Å². The smallest absolute Gasteiger partial charge is 0.330 e. The molecule has 88 valence electrons. The van der Waals surface area contributed by atoms with Crippen LogP contribution in [0, 0.1) is 10.1 Å². The molecule has 16 heavy (non-hydrogen) atoms. The lowest BCUT2D eigenvalue weighted by Gasteiger charge is -2.36. The molecule has 1 fully saturated rings. The van der Waals surface area contributed by atoms with Crippen LogP contribution < -0.4 is 5.32 Å². The summed E-state index contributed by atoms with van der Waals surface area (Å²) in [6.07, 6.45) is 3.82. The Hall–Kier alpha value is -1.63. The van der Waals surface area contributed by atoms with Crippen molar-refractivity contribution in [1.29, 1.82) is 0 Å². The average Bonchev–Trinajstić information content (AvgIpc) is 2.54. The Morgan fingerprint density at radius 3 is 2.94 bits per heavy atom. The molecule has 1 aromatic heterocycles. The van der Waals surface area contributed by atoms with E-state index < -0.39 is 10.5 Å². The minimum absolute atomic E-state index is 0.0644. The highest BCUT2D eigenvalue weighted by Crippen LogP contribution is 2.32. The first-order valence-corrected chi connectivity index (χ1v) is 5.14. The van der Waals surface area contributed by atoms with E-state index in [0.29, 0.717) is 6.54 Å². The van der Waals surface area contributed by atoms with Gasteiger partial charge in [0.25, 0.3) is 0 Å². The molecular formula is C9H14N4O3. The molecule has 1 aliphatic carbocycles. The molecule has 0 bridgehead atoms. The van der Waals surface area contributed by atoms with Crippen molar-refractivity contribution < 1.29 is 10.0 Å². The van der Waals surface area contributed by atoms with Crippen molar-refractivity contribution in [2.24, 2.45) is 7.05 Å². The van der Waals surface area contributed by atoms with Crippen LogP contribution >= 0.6 is 0 Å². The molecule has 0 atom stereocenters. The van der Waals surface area contributed by atoms with Crippen molar-refractivity contribution in [1.82, 2.24) is 9.78 Å². The molecule has 1 aliphatic rings. The highest BCUT2D eigenvalue weighted by atomic mass is 16.6. The van der Waals surface area contributed by atoms with E-state index >= 15 is 0 Å². The molecule has 0 radical (unpaired) electrons. The third-order valence-electron chi connectivity index (χ3n) is 2.88. The fourth-order valence-electron chi connectivity index (χ4n) is 1.75. The molecule has 2 rings (SSSR count). The zero-order valence-corrected chi connectivity index (χ0v) is 9.01. The maximum absolute atomic E-state index is 10.7. The summed E-state index contributed by atoms with van der Waals surface area (Å²) in [6, 6.07) is 0. The Balaban J connectivity index is 2.05. The summed E-state index contributed by atoms with van der Waals surface area (Å²) >= 11 is 0. The fraction of sp³-hybridized carbons (Fsp3) is 0.667. The summed E-state index contributed by atoms with van der Waals surface area (Å²) in [5.41, 5.74) is -0.781. The predicted octanol–water partition coefficient (Wildman–Crippen LogP) is 0.655. The number of nitro groups is 1. The zero-order valence-electron chi connectivity index (χ0n) is 9.01. The number of nitrogens with one attached hydrogen (secondary N) is 1. The Morgan fingerprint density at radius 1 is 1.75 bits per heavy atom. The molecule has 0 aromatic carbocycles. The third kappa shape index (κ3) is 1.99. The van der Waals surface area contributed by atoms with Gasteiger partial charge in [0.15, 0.2) is 0 Å². The van der Waals surface area contributed by atoms with E-state index in [4.69, 9.17) is 0 Å². The lowest BCUT2D eigenvalue weighted by Crippen LogP contribution is -2.43. The Labute approximate surface area is 92.2 Å². The number of aryl methyl sites for hydroxylation is 1. The van der Waals surface area contributed by atoms with Gasteiger partial charge in [0.1, 0.15) is 6.20 Å². The van der Waals surface area contributed by atoms with Crippen molar-refractivity contribution in [3.8, 4) is 0 Å². The fourth-order valence-corrected chi connectivity index (χ4v) is 1.75. The van der Waals surface area contributed by atoms with Gasteiger partial charge in [-0.05, 0) is 19.3 Å². The van der Waals surface area contributed by atoms with E-state index in [1.54, 1.807) is 7.05 Å². The number of anilines is 1. The lowest BCUT2D eigenvalue weighted by molar-refractivity contribution is -0.384. The highest BCUT2D eigenvalue weighted by molar-refractivity contribution is 5.54. The maximum Gasteiger partial charge on any atom is 0.330 e. The summed E-state index contributed by atoms with van der Waals surface area (Å²) in [7, 11) is 1.62. The molecular weight excluding hydrogens is 212 g/mol. The summed E-state index contributed by atoms with van der Waals surface area (Å²) in [5, 5.41) is 27.3. The number of rotatable bonds is 4. The van der Waals surface area contributed by atoms with E-state index in [0.717, 1.165) is 19.3 Å². The van der Waals surface area contributed by atoms with Gasteiger partial charge in [-0.2, -0.15) is 0 Å².